The standard InChI is InChI=1S/C14H17N3O5/c18-13-16-11-2-1-10(7-12(11)22-13)21-6-3-9-8-17(14(19)20)5-4-15-9/h1-2,7,9,15H,3-6,8H2,(H,16,18)(H,19,20)/t9-/m1/s1. The van der Waals surface area contributed by atoms with E-state index >= 15 is 0 Å². The van der Waals surface area contributed by atoms with Crippen LogP contribution < -0.4 is 15.8 Å². The van der Waals surface area contributed by atoms with Crippen molar-refractivity contribution in [2.75, 3.05) is 26.2 Å². The first-order valence-corrected chi connectivity index (χ1v) is 7.09. The first-order valence-electron chi connectivity index (χ1n) is 7.09. The van der Waals surface area contributed by atoms with Crippen LogP contribution in [-0.2, 0) is 0 Å². The van der Waals surface area contributed by atoms with Crippen LogP contribution >= 0.6 is 0 Å². The number of rotatable bonds is 4. The average Bonchev–Trinajstić information content (AvgIpc) is 2.87. The monoisotopic (exact) mass is 307 g/mol. The second-order valence-electron chi connectivity index (χ2n) is 5.19. The zero-order valence-electron chi connectivity index (χ0n) is 11.9. The van der Waals surface area contributed by atoms with Crippen molar-refractivity contribution in [3.05, 3.63) is 28.7 Å². The molecule has 1 aromatic carbocycles. The Morgan fingerprint density at radius 2 is 2.36 bits per heavy atom. The van der Waals surface area contributed by atoms with E-state index in [1.807, 2.05) is 0 Å². The highest BCUT2D eigenvalue weighted by Gasteiger charge is 2.22. The van der Waals surface area contributed by atoms with Gasteiger partial charge in [-0.3, -0.25) is 4.98 Å². The molecule has 1 aliphatic rings. The van der Waals surface area contributed by atoms with E-state index in [2.05, 4.69) is 10.3 Å². The van der Waals surface area contributed by atoms with Gasteiger partial charge in [0.05, 0.1) is 12.1 Å². The molecule has 0 aliphatic carbocycles. The zero-order valence-corrected chi connectivity index (χ0v) is 11.9. The summed E-state index contributed by atoms with van der Waals surface area (Å²) in [5.74, 6) is 0.119. The summed E-state index contributed by atoms with van der Waals surface area (Å²) < 4.78 is 10.6. The summed E-state index contributed by atoms with van der Waals surface area (Å²) in [6.07, 6.45) is -0.195. The maximum atomic E-state index is 11.1. The van der Waals surface area contributed by atoms with Gasteiger partial charge < -0.3 is 24.5 Å². The molecule has 0 spiro atoms. The molecule has 1 saturated heterocycles. The van der Waals surface area contributed by atoms with Gasteiger partial charge in [-0.25, -0.2) is 9.59 Å². The number of nitrogens with zero attached hydrogens (tertiary/aromatic N) is 1. The number of hydrogen-bond donors (Lipinski definition) is 3. The molecule has 1 aromatic heterocycles. The lowest BCUT2D eigenvalue weighted by atomic mass is 10.1. The number of oxazole rings is 1. The van der Waals surface area contributed by atoms with Crippen molar-refractivity contribution in [3.63, 3.8) is 0 Å². The van der Waals surface area contributed by atoms with Crippen LogP contribution in [0.3, 0.4) is 0 Å². The van der Waals surface area contributed by atoms with Crippen LogP contribution in [0.2, 0.25) is 0 Å². The number of piperazine rings is 1. The number of aromatic nitrogens is 1. The molecule has 8 nitrogen and oxygen atoms in total. The SMILES string of the molecule is O=C(O)N1CCN[C@H](CCOc2ccc3[nH]c(=O)oc3c2)C1. The number of H-pyrrole nitrogens is 1. The van der Waals surface area contributed by atoms with Gasteiger partial charge in [-0.05, 0) is 18.6 Å². The third-order valence-corrected chi connectivity index (χ3v) is 3.65. The Balaban J connectivity index is 1.53. The number of carboxylic acid groups (broad SMARTS) is 1. The molecule has 118 valence electrons. The number of aromatic amines is 1. The van der Waals surface area contributed by atoms with Gasteiger partial charge in [-0.1, -0.05) is 0 Å². The molecule has 1 aliphatic heterocycles. The van der Waals surface area contributed by atoms with E-state index in [-0.39, 0.29) is 6.04 Å². The molecule has 0 unspecified atom stereocenters. The molecule has 3 rings (SSSR count). The summed E-state index contributed by atoms with van der Waals surface area (Å²) in [6, 6.07) is 5.22. The minimum absolute atomic E-state index is 0.0822. The van der Waals surface area contributed by atoms with Crippen LogP contribution in [-0.4, -0.2) is 53.4 Å². The first-order chi connectivity index (χ1) is 10.6. The molecule has 8 heteroatoms. The molecule has 3 N–H and O–H groups in total. The highest BCUT2D eigenvalue weighted by atomic mass is 16.5. The van der Waals surface area contributed by atoms with Crippen molar-refractivity contribution in [3.8, 4) is 5.75 Å². The van der Waals surface area contributed by atoms with Crippen molar-refractivity contribution in [2.24, 2.45) is 0 Å². The molecule has 2 aromatic rings. The maximum absolute atomic E-state index is 11.1. The number of carbonyl (C=O) groups is 1. The third-order valence-electron chi connectivity index (χ3n) is 3.65. The van der Waals surface area contributed by atoms with Gasteiger partial charge in [0.25, 0.3) is 0 Å². The Morgan fingerprint density at radius 1 is 1.50 bits per heavy atom. The fourth-order valence-electron chi connectivity index (χ4n) is 2.53. The van der Waals surface area contributed by atoms with Crippen molar-refractivity contribution in [2.45, 2.75) is 12.5 Å². The Labute approximate surface area is 125 Å². The van der Waals surface area contributed by atoms with E-state index in [9.17, 15) is 9.59 Å². The number of fused-ring (bicyclic) bond motifs is 1. The molecule has 1 amide bonds. The van der Waals surface area contributed by atoms with Crippen molar-refractivity contribution in [1.82, 2.24) is 15.2 Å². The largest absolute Gasteiger partial charge is 0.493 e. The molecular formula is C14H17N3O5. The first kappa shape index (κ1) is 14.5. The lowest BCUT2D eigenvalue weighted by Gasteiger charge is -2.31. The van der Waals surface area contributed by atoms with Crippen molar-refractivity contribution < 1.29 is 19.1 Å². The topological polar surface area (TPSA) is 108 Å². The van der Waals surface area contributed by atoms with Gasteiger partial charge in [-0.15, -0.1) is 0 Å². The smallest absolute Gasteiger partial charge is 0.417 e. The van der Waals surface area contributed by atoms with Gasteiger partial charge in [0.1, 0.15) is 5.75 Å². The molecule has 0 saturated carbocycles. The Bertz CT molecular complexity index is 723. The summed E-state index contributed by atoms with van der Waals surface area (Å²) in [5.41, 5.74) is 1.08. The van der Waals surface area contributed by atoms with Crippen LogP contribution in [0, 0.1) is 0 Å². The zero-order chi connectivity index (χ0) is 15.5. The number of amides is 1. The van der Waals surface area contributed by atoms with E-state index < -0.39 is 11.8 Å². The molecule has 1 atom stereocenters. The number of ether oxygens (including phenoxy) is 1. The molecule has 2 heterocycles. The van der Waals surface area contributed by atoms with Crippen molar-refractivity contribution >= 4 is 17.2 Å². The van der Waals surface area contributed by atoms with Gasteiger partial charge >= 0.3 is 11.8 Å². The second kappa shape index (κ2) is 6.10. The fraction of sp³-hybridized carbons (Fsp3) is 0.429. The minimum Gasteiger partial charge on any atom is -0.493 e. The van der Waals surface area contributed by atoms with Gasteiger partial charge in [0.15, 0.2) is 5.58 Å². The van der Waals surface area contributed by atoms with Gasteiger partial charge in [0, 0.05) is 31.7 Å². The summed E-state index contributed by atoms with van der Waals surface area (Å²) in [5, 5.41) is 12.3. The number of nitrogens with one attached hydrogen (secondary N) is 2. The van der Waals surface area contributed by atoms with Crippen LogP contribution in [0.5, 0.6) is 5.75 Å². The van der Waals surface area contributed by atoms with Gasteiger partial charge in [-0.2, -0.15) is 0 Å². The Hall–Kier alpha value is -2.48. The summed E-state index contributed by atoms with van der Waals surface area (Å²) in [6.45, 7) is 2.07. The molecule has 0 radical (unpaired) electrons. The minimum atomic E-state index is -0.889. The normalized spacial score (nSPS) is 18.5. The summed E-state index contributed by atoms with van der Waals surface area (Å²) in [4.78, 5) is 26.0. The fourth-order valence-corrected chi connectivity index (χ4v) is 2.53. The molecule has 22 heavy (non-hydrogen) atoms. The maximum Gasteiger partial charge on any atom is 0.417 e. The molecule has 0 bridgehead atoms. The van der Waals surface area contributed by atoms with E-state index in [1.54, 1.807) is 18.2 Å². The Kier molecular flexibility index (Phi) is 4.01. The van der Waals surface area contributed by atoms with E-state index in [0.29, 0.717) is 49.5 Å². The number of hydrogen-bond acceptors (Lipinski definition) is 5. The Morgan fingerprint density at radius 3 is 3.18 bits per heavy atom. The summed E-state index contributed by atoms with van der Waals surface area (Å²) in [7, 11) is 0. The molecule has 1 fully saturated rings. The van der Waals surface area contributed by atoms with Gasteiger partial charge in [0.2, 0.25) is 0 Å². The van der Waals surface area contributed by atoms with Crippen LogP contribution in [0.15, 0.2) is 27.4 Å². The van der Waals surface area contributed by atoms with Crippen molar-refractivity contribution in [1.29, 1.82) is 0 Å². The average molecular weight is 307 g/mol. The highest BCUT2D eigenvalue weighted by Crippen LogP contribution is 2.18. The number of benzene rings is 1. The van der Waals surface area contributed by atoms with Crippen LogP contribution in [0.4, 0.5) is 4.79 Å². The molecular weight excluding hydrogens is 290 g/mol. The highest BCUT2D eigenvalue weighted by molar-refractivity contribution is 5.73. The van der Waals surface area contributed by atoms with E-state index in [1.165, 1.54) is 4.90 Å². The predicted molar refractivity (Wildman–Crippen MR) is 78.3 cm³/mol. The quantitative estimate of drug-likeness (QED) is 0.772. The van der Waals surface area contributed by atoms with E-state index in [0.717, 1.165) is 0 Å². The lowest BCUT2D eigenvalue weighted by Crippen LogP contribution is -2.52. The predicted octanol–water partition coefficient (Wildman–Crippen LogP) is 0.842. The lowest BCUT2D eigenvalue weighted by molar-refractivity contribution is 0.124. The van der Waals surface area contributed by atoms with Crippen LogP contribution in [0.1, 0.15) is 6.42 Å². The second-order valence-corrected chi connectivity index (χ2v) is 5.19. The van der Waals surface area contributed by atoms with Crippen LogP contribution in [0.25, 0.3) is 11.1 Å². The third kappa shape index (κ3) is 3.22. The summed E-state index contributed by atoms with van der Waals surface area (Å²) >= 11 is 0. The van der Waals surface area contributed by atoms with E-state index in [4.69, 9.17) is 14.3 Å².